The second-order valence-electron chi connectivity index (χ2n) is 12.2. The maximum Gasteiger partial charge on any atom is 0.490 e. The van der Waals surface area contributed by atoms with Crippen LogP contribution in [0, 0.1) is 18.6 Å². The zero-order valence-corrected chi connectivity index (χ0v) is 27.6. The summed E-state index contributed by atoms with van der Waals surface area (Å²) in [6, 6.07) is 14.8. The lowest BCUT2D eigenvalue weighted by Crippen LogP contribution is -2.55. The number of hydrogen-bond acceptors (Lipinski definition) is 5. The van der Waals surface area contributed by atoms with Crippen LogP contribution in [0.15, 0.2) is 60.8 Å². The average Bonchev–Trinajstić information content (AvgIpc) is 3.84. The molecule has 1 saturated carbocycles. The third-order valence-electron chi connectivity index (χ3n) is 8.31. The molecule has 2 aromatic heterocycles. The van der Waals surface area contributed by atoms with Crippen LogP contribution in [-0.4, -0.2) is 60.7 Å². The minimum Gasteiger partial charge on any atom is -0.485 e. The fourth-order valence-electron chi connectivity index (χ4n) is 5.55. The van der Waals surface area contributed by atoms with Crippen molar-refractivity contribution in [3.63, 3.8) is 0 Å². The number of fused-ring (bicyclic) bond motifs is 1. The third kappa shape index (κ3) is 9.07. The molecule has 1 unspecified atom stereocenters. The van der Waals surface area contributed by atoms with E-state index in [4.69, 9.17) is 14.6 Å². The second kappa shape index (κ2) is 15.6. The Kier molecular flexibility index (Phi) is 11.7. The molecular formula is C35H37F5N4O6. The van der Waals surface area contributed by atoms with Crippen LogP contribution in [0.2, 0.25) is 0 Å². The number of aliphatic carboxylic acids is 1. The SMILES string of the molecule is CCCC(C)(CNC(=O)c1c(C)nc2c(OCc3c(F)cccc3F)cc(C3CC3)cn12)N(Cc1ccccc1)C(=O)O.O=C(O)C(F)(F)F. The maximum absolute atomic E-state index is 14.3. The number of pyridine rings is 1. The molecule has 1 aliphatic carbocycles. The number of benzene rings is 2. The second-order valence-corrected chi connectivity index (χ2v) is 12.2. The number of carboxylic acids is 1. The molecule has 0 radical (unpaired) electrons. The van der Waals surface area contributed by atoms with E-state index in [-0.39, 0.29) is 25.3 Å². The van der Waals surface area contributed by atoms with Crippen molar-refractivity contribution in [3.05, 3.63) is 101 Å². The van der Waals surface area contributed by atoms with E-state index in [1.165, 1.54) is 23.1 Å². The number of nitrogens with zero attached hydrogens (tertiary/aromatic N) is 3. The van der Waals surface area contributed by atoms with Gasteiger partial charge < -0.3 is 20.3 Å². The van der Waals surface area contributed by atoms with Crippen molar-refractivity contribution < 1.29 is 51.3 Å². The van der Waals surface area contributed by atoms with Crippen LogP contribution in [0.1, 0.15) is 78.3 Å². The number of amides is 2. The first-order chi connectivity index (χ1) is 23.6. The minimum atomic E-state index is -5.08. The standard InChI is InChI=1S/C33H36F2N4O4.C2HF3O2/c1-4-15-33(3,39(32(41)42)17-22-9-6-5-7-10-22)20-36-31(40)29-21(2)37-30-28(16-24(18-38(29)30)23-13-14-23)43-19-25-26(34)11-8-12-27(25)35;3-2(4,5)1(6)7/h5-12,16,18,23H,4,13-15,17,19-20H2,1-3H3,(H,36,40)(H,41,42);(H,6,7). The van der Waals surface area contributed by atoms with Gasteiger partial charge in [-0.05, 0) is 68.4 Å². The Morgan fingerprint density at radius 3 is 2.20 bits per heavy atom. The van der Waals surface area contributed by atoms with Crippen LogP contribution in [0.4, 0.5) is 26.7 Å². The number of halogens is 5. The molecule has 10 nitrogen and oxygen atoms in total. The van der Waals surface area contributed by atoms with Crippen molar-refractivity contribution in [3.8, 4) is 5.75 Å². The van der Waals surface area contributed by atoms with Crippen LogP contribution >= 0.6 is 0 Å². The average molecular weight is 705 g/mol. The molecule has 0 spiro atoms. The summed E-state index contributed by atoms with van der Waals surface area (Å²) >= 11 is 0. The summed E-state index contributed by atoms with van der Waals surface area (Å²) in [7, 11) is 0. The van der Waals surface area contributed by atoms with E-state index in [1.807, 2.05) is 56.4 Å². The number of nitrogens with one attached hydrogen (secondary N) is 1. The summed E-state index contributed by atoms with van der Waals surface area (Å²) in [5, 5.41) is 20.3. The number of ether oxygens (including phenoxy) is 1. The predicted molar refractivity (Wildman–Crippen MR) is 172 cm³/mol. The third-order valence-corrected chi connectivity index (χ3v) is 8.31. The fourth-order valence-corrected chi connectivity index (χ4v) is 5.55. The molecule has 0 saturated heterocycles. The molecule has 1 aliphatic rings. The van der Waals surface area contributed by atoms with E-state index >= 15 is 0 Å². The van der Waals surface area contributed by atoms with Crippen molar-refractivity contribution >= 4 is 23.6 Å². The lowest BCUT2D eigenvalue weighted by atomic mass is 9.93. The number of hydrogen-bond donors (Lipinski definition) is 3. The highest BCUT2D eigenvalue weighted by molar-refractivity contribution is 5.95. The van der Waals surface area contributed by atoms with Crippen molar-refractivity contribution in [2.45, 2.75) is 77.2 Å². The Bertz CT molecular complexity index is 1820. The molecule has 1 atom stereocenters. The van der Waals surface area contributed by atoms with Gasteiger partial charge in [-0.2, -0.15) is 13.2 Å². The summed E-state index contributed by atoms with van der Waals surface area (Å²) in [5.74, 6) is -3.95. The Hall–Kier alpha value is -5.21. The molecule has 2 heterocycles. The molecule has 268 valence electrons. The molecule has 2 aromatic carbocycles. The number of rotatable bonds is 12. The first-order valence-corrected chi connectivity index (χ1v) is 15.8. The van der Waals surface area contributed by atoms with E-state index in [9.17, 15) is 36.6 Å². The van der Waals surface area contributed by atoms with Crippen LogP contribution in [0.5, 0.6) is 5.75 Å². The van der Waals surface area contributed by atoms with Crippen LogP contribution < -0.4 is 10.1 Å². The highest BCUT2D eigenvalue weighted by atomic mass is 19.4. The molecule has 3 N–H and O–H groups in total. The number of aryl methyl sites for hydroxylation is 1. The smallest absolute Gasteiger partial charge is 0.485 e. The van der Waals surface area contributed by atoms with Crippen molar-refractivity contribution in [1.82, 2.24) is 19.6 Å². The minimum absolute atomic E-state index is 0.0870. The van der Waals surface area contributed by atoms with E-state index < -0.39 is 41.3 Å². The lowest BCUT2D eigenvalue weighted by Gasteiger charge is -2.40. The Balaban J connectivity index is 0.000000727. The highest BCUT2D eigenvalue weighted by Crippen LogP contribution is 2.42. The first-order valence-electron chi connectivity index (χ1n) is 15.8. The van der Waals surface area contributed by atoms with E-state index in [0.717, 1.165) is 24.0 Å². The zero-order chi connectivity index (χ0) is 36.8. The zero-order valence-electron chi connectivity index (χ0n) is 27.6. The number of aromatic nitrogens is 2. The maximum atomic E-state index is 14.3. The normalized spacial score (nSPS) is 13.9. The monoisotopic (exact) mass is 704 g/mol. The van der Waals surface area contributed by atoms with Gasteiger partial charge in [0, 0.05) is 19.3 Å². The Morgan fingerprint density at radius 1 is 1.04 bits per heavy atom. The predicted octanol–water partition coefficient (Wildman–Crippen LogP) is 7.48. The Labute approximate surface area is 284 Å². The fraction of sp³-hybridized carbons (Fsp3) is 0.371. The first kappa shape index (κ1) is 37.6. The summed E-state index contributed by atoms with van der Waals surface area (Å²) in [6.45, 7) is 5.47. The van der Waals surface area contributed by atoms with Gasteiger partial charge in [0.1, 0.15) is 23.9 Å². The Morgan fingerprint density at radius 2 is 1.66 bits per heavy atom. The molecule has 15 heteroatoms. The van der Waals surface area contributed by atoms with Gasteiger partial charge in [-0.25, -0.2) is 23.4 Å². The molecular weight excluding hydrogens is 667 g/mol. The van der Waals surface area contributed by atoms with Gasteiger partial charge in [0.05, 0.1) is 16.8 Å². The number of carbonyl (C=O) groups excluding carboxylic acids is 1. The van der Waals surface area contributed by atoms with Gasteiger partial charge >= 0.3 is 18.2 Å². The van der Waals surface area contributed by atoms with E-state index in [0.29, 0.717) is 41.5 Å². The summed E-state index contributed by atoms with van der Waals surface area (Å²) in [4.78, 5) is 41.0. The number of alkyl halides is 3. The molecule has 4 aromatic rings. The molecule has 50 heavy (non-hydrogen) atoms. The van der Waals surface area contributed by atoms with Gasteiger partial charge in [0.25, 0.3) is 5.91 Å². The highest BCUT2D eigenvalue weighted by Gasteiger charge is 2.38. The van der Waals surface area contributed by atoms with Crippen LogP contribution in [0.3, 0.4) is 0 Å². The van der Waals surface area contributed by atoms with Gasteiger partial charge in [-0.1, -0.05) is 49.7 Å². The van der Waals surface area contributed by atoms with Crippen LogP contribution in [0.25, 0.3) is 5.65 Å². The van der Waals surface area contributed by atoms with Gasteiger partial charge in [0.15, 0.2) is 11.4 Å². The van der Waals surface area contributed by atoms with Gasteiger partial charge in [-0.3, -0.25) is 14.1 Å². The largest absolute Gasteiger partial charge is 0.490 e. The quantitative estimate of drug-likeness (QED) is 0.130. The molecule has 5 rings (SSSR count). The topological polar surface area (TPSA) is 133 Å². The van der Waals surface area contributed by atoms with Crippen LogP contribution in [-0.2, 0) is 17.9 Å². The molecule has 1 fully saturated rings. The van der Waals surface area contributed by atoms with Gasteiger partial charge in [-0.15, -0.1) is 0 Å². The molecule has 0 bridgehead atoms. The van der Waals surface area contributed by atoms with E-state index in [2.05, 4.69) is 10.3 Å². The summed E-state index contributed by atoms with van der Waals surface area (Å²) in [5.41, 5.74) is 1.83. The van der Waals surface area contributed by atoms with Gasteiger partial charge in [0.2, 0.25) is 0 Å². The number of carbonyl (C=O) groups is 3. The summed E-state index contributed by atoms with van der Waals surface area (Å²) < 4.78 is 67.9. The molecule has 0 aliphatic heterocycles. The van der Waals surface area contributed by atoms with Crippen molar-refractivity contribution in [1.29, 1.82) is 0 Å². The van der Waals surface area contributed by atoms with Crippen molar-refractivity contribution in [2.24, 2.45) is 0 Å². The number of carboxylic acid groups (broad SMARTS) is 2. The summed E-state index contributed by atoms with van der Waals surface area (Å²) in [6.07, 6.45) is -1.05. The van der Waals surface area contributed by atoms with E-state index in [1.54, 1.807) is 11.3 Å². The molecule has 2 amide bonds. The van der Waals surface area contributed by atoms with Crippen molar-refractivity contribution in [2.75, 3.05) is 6.54 Å². The lowest BCUT2D eigenvalue weighted by molar-refractivity contribution is -0.192. The number of imidazole rings is 1.